The van der Waals surface area contributed by atoms with Crippen LogP contribution < -0.4 is 5.73 Å². The third-order valence-electron chi connectivity index (χ3n) is 1.29. The zero-order valence-electron chi connectivity index (χ0n) is 9.91. The summed E-state index contributed by atoms with van der Waals surface area (Å²) in [5, 5.41) is 0.307. The van der Waals surface area contributed by atoms with Gasteiger partial charge < -0.3 is 15.2 Å². The molecule has 0 unspecified atom stereocenters. The maximum Gasteiger partial charge on any atom is 0.369 e. The number of rotatable bonds is 3. The molecule has 100 valence electrons. The van der Waals surface area contributed by atoms with E-state index in [2.05, 4.69) is 31.0 Å². The first-order valence-corrected chi connectivity index (χ1v) is 6.11. The number of carbonyl (C=O) groups is 2. The molecule has 18 heavy (non-hydrogen) atoms. The highest BCUT2D eigenvalue weighted by Gasteiger charge is 2.08. The summed E-state index contributed by atoms with van der Waals surface area (Å²) in [6, 6.07) is 0. The molecule has 0 saturated heterocycles. The van der Waals surface area contributed by atoms with Gasteiger partial charge in [0.15, 0.2) is 4.99 Å². The average Bonchev–Trinajstić information content (AvgIpc) is 2.84. The number of carbonyl (C=O) groups excluding carboxylic acids is 2. The summed E-state index contributed by atoms with van der Waals surface area (Å²) >= 11 is 5.32. The molecule has 1 rings (SSSR count). The normalized spacial score (nSPS) is 8.78. The molecular formula is C9H13N3O4S2. The fourth-order valence-electron chi connectivity index (χ4n) is 0.658. The molecule has 2 N–H and O–H groups in total. The van der Waals surface area contributed by atoms with Gasteiger partial charge in [-0.2, -0.15) is 4.37 Å². The van der Waals surface area contributed by atoms with Crippen LogP contribution in [0.25, 0.3) is 0 Å². The van der Waals surface area contributed by atoms with E-state index in [9.17, 15) is 9.59 Å². The Morgan fingerprint density at radius 2 is 2.00 bits per heavy atom. The van der Waals surface area contributed by atoms with E-state index < -0.39 is 11.9 Å². The number of esters is 2. The molecular weight excluding hydrogens is 278 g/mol. The molecule has 0 spiro atoms. The van der Waals surface area contributed by atoms with Gasteiger partial charge in [-0.05, 0) is 25.4 Å². The van der Waals surface area contributed by atoms with Crippen molar-refractivity contribution in [2.75, 3.05) is 13.2 Å². The number of aromatic nitrogens is 2. The van der Waals surface area contributed by atoms with E-state index in [1.807, 2.05) is 0 Å². The van der Waals surface area contributed by atoms with Gasteiger partial charge in [0, 0.05) is 0 Å². The number of nitrogens with zero attached hydrogens (tertiary/aromatic N) is 2. The number of hydrogen-bond donors (Lipinski definition) is 1. The van der Waals surface area contributed by atoms with Crippen molar-refractivity contribution in [3.63, 3.8) is 0 Å². The second kappa shape index (κ2) is 9.42. The minimum Gasteiger partial charge on any atom is -0.461 e. The quantitative estimate of drug-likeness (QED) is 0.636. The van der Waals surface area contributed by atoms with Crippen molar-refractivity contribution in [2.45, 2.75) is 13.8 Å². The number of thiocarbonyl (C=S) groups is 1. The molecule has 9 heteroatoms. The van der Waals surface area contributed by atoms with Crippen molar-refractivity contribution in [1.29, 1.82) is 0 Å². The second-order valence-corrected chi connectivity index (χ2v) is 3.77. The summed E-state index contributed by atoms with van der Waals surface area (Å²) in [4.78, 5) is 24.5. The minimum absolute atomic E-state index is 0.216. The lowest BCUT2D eigenvalue weighted by atomic mass is 10.7. The maximum absolute atomic E-state index is 10.8. The van der Waals surface area contributed by atoms with Crippen molar-refractivity contribution in [1.82, 2.24) is 9.36 Å². The molecule has 1 heterocycles. The highest BCUT2D eigenvalue weighted by molar-refractivity contribution is 7.81. The van der Waals surface area contributed by atoms with Gasteiger partial charge in [-0.1, -0.05) is 12.2 Å². The van der Waals surface area contributed by atoms with Crippen LogP contribution in [-0.2, 0) is 14.3 Å². The molecule has 0 bridgehead atoms. The Balaban J connectivity index is 0.000000331. The minimum atomic E-state index is -0.609. The second-order valence-electron chi connectivity index (χ2n) is 2.55. The third kappa shape index (κ3) is 6.86. The topological polar surface area (TPSA) is 104 Å². The molecule has 0 aliphatic rings. The predicted octanol–water partition coefficient (Wildman–Crippen LogP) is 0.550. The Morgan fingerprint density at radius 3 is 2.33 bits per heavy atom. The maximum atomic E-state index is 10.8. The van der Waals surface area contributed by atoms with Crippen molar-refractivity contribution >= 4 is 40.7 Å². The van der Waals surface area contributed by atoms with Crippen molar-refractivity contribution in [3.8, 4) is 0 Å². The van der Waals surface area contributed by atoms with E-state index in [-0.39, 0.29) is 4.99 Å². The lowest BCUT2D eigenvalue weighted by Gasteiger charge is -1.95. The third-order valence-corrected chi connectivity index (χ3v) is 2.10. The van der Waals surface area contributed by atoms with Gasteiger partial charge in [0.2, 0.25) is 5.01 Å². The summed E-state index contributed by atoms with van der Waals surface area (Å²) in [6.45, 7) is 4.13. The average molecular weight is 291 g/mol. The lowest BCUT2D eigenvalue weighted by molar-refractivity contribution is -0.134. The largest absolute Gasteiger partial charge is 0.461 e. The predicted molar refractivity (Wildman–Crippen MR) is 69.3 cm³/mol. The van der Waals surface area contributed by atoms with Crippen LogP contribution in [0.15, 0.2) is 6.33 Å². The Kier molecular flexibility index (Phi) is 8.58. The van der Waals surface area contributed by atoms with Gasteiger partial charge in [0.25, 0.3) is 0 Å². The summed E-state index contributed by atoms with van der Waals surface area (Å²) in [5.41, 5.74) is 4.88. The molecule has 0 fully saturated rings. The molecule has 0 saturated carbocycles. The molecule has 1 aromatic heterocycles. The number of nitrogens with two attached hydrogens (primary N) is 1. The van der Waals surface area contributed by atoms with E-state index >= 15 is 0 Å². The van der Waals surface area contributed by atoms with E-state index in [0.717, 1.165) is 11.5 Å². The molecule has 0 aromatic carbocycles. The monoisotopic (exact) mass is 291 g/mol. The number of hydrogen-bond acceptors (Lipinski definition) is 8. The van der Waals surface area contributed by atoms with E-state index in [0.29, 0.717) is 18.2 Å². The van der Waals surface area contributed by atoms with Crippen LogP contribution in [0.2, 0.25) is 0 Å². The molecule has 7 nitrogen and oxygen atoms in total. The summed E-state index contributed by atoms with van der Waals surface area (Å²) in [5.74, 6) is -1.01. The SMILES string of the molecule is CCOC(=O)C(N)=S.CCOC(=O)c1ncns1. The first kappa shape index (κ1) is 16.4. The van der Waals surface area contributed by atoms with Crippen molar-refractivity contribution in [2.24, 2.45) is 5.73 Å². The van der Waals surface area contributed by atoms with Crippen LogP contribution in [0.3, 0.4) is 0 Å². The van der Waals surface area contributed by atoms with Crippen LogP contribution >= 0.6 is 23.8 Å². The number of ether oxygens (including phenoxy) is 2. The van der Waals surface area contributed by atoms with Crippen LogP contribution in [0.4, 0.5) is 0 Å². The highest BCUT2D eigenvalue weighted by atomic mass is 32.1. The zero-order chi connectivity index (χ0) is 14.0. The summed E-state index contributed by atoms with van der Waals surface area (Å²) in [7, 11) is 0. The van der Waals surface area contributed by atoms with Gasteiger partial charge >= 0.3 is 11.9 Å². The van der Waals surface area contributed by atoms with Gasteiger partial charge in [0.1, 0.15) is 6.33 Å². The van der Waals surface area contributed by atoms with Gasteiger partial charge in [-0.25, -0.2) is 14.6 Å². The van der Waals surface area contributed by atoms with Crippen molar-refractivity contribution in [3.05, 3.63) is 11.3 Å². The van der Waals surface area contributed by atoms with Crippen LogP contribution in [-0.4, -0.2) is 39.5 Å². The highest BCUT2D eigenvalue weighted by Crippen LogP contribution is 2.00. The Bertz CT molecular complexity index is 395. The molecule has 1 aromatic rings. The van der Waals surface area contributed by atoms with Gasteiger partial charge in [-0.15, -0.1) is 0 Å². The van der Waals surface area contributed by atoms with Crippen molar-refractivity contribution < 1.29 is 19.1 Å². The van der Waals surface area contributed by atoms with E-state index in [4.69, 9.17) is 5.73 Å². The molecule has 0 atom stereocenters. The molecule has 0 radical (unpaired) electrons. The Morgan fingerprint density at radius 1 is 1.39 bits per heavy atom. The standard InChI is InChI=1S/C5H6N2O2S.C4H7NO2S/c1-2-9-5(8)4-6-3-7-10-4;1-2-7-4(6)3(5)8/h3H,2H2,1H3;2H2,1H3,(H2,5,8). The summed E-state index contributed by atoms with van der Waals surface area (Å²) < 4.78 is 12.7. The first-order chi connectivity index (χ1) is 8.52. The molecule has 0 aliphatic carbocycles. The smallest absolute Gasteiger partial charge is 0.369 e. The molecule has 0 amide bonds. The molecule has 0 aliphatic heterocycles. The van der Waals surface area contributed by atoms with Gasteiger partial charge in [0.05, 0.1) is 13.2 Å². The first-order valence-electron chi connectivity index (χ1n) is 4.93. The zero-order valence-corrected chi connectivity index (χ0v) is 11.5. The van der Waals surface area contributed by atoms with Crippen LogP contribution in [0.1, 0.15) is 23.6 Å². The van der Waals surface area contributed by atoms with E-state index in [1.54, 1.807) is 13.8 Å². The van der Waals surface area contributed by atoms with E-state index in [1.165, 1.54) is 6.33 Å². The van der Waals surface area contributed by atoms with Gasteiger partial charge in [-0.3, -0.25) is 0 Å². The fourth-order valence-corrected chi connectivity index (χ4v) is 1.14. The van der Waals surface area contributed by atoms with Crippen LogP contribution in [0.5, 0.6) is 0 Å². The fraction of sp³-hybridized carbons (Fsp3) is 0.444. The Labute approximate surface area is 113 Å². The summed E-state index contributed by atoms with van der Waals surface area (Å²) in [6.07, 6.45) is 1.33. The lowest BCUT2D eigenvalue weighted by Crippen LogP contribution is -2.23. The van der Waals surface area contributed by atoms with Crippen LogP contribution in [0, 0.1) is 0 Å². The Hall–Kier alpha value is -1.61.